The number of ether oxygens (including phenoxy) is 1. The predicted octanol–water partition coefficient (Wildman–Crippen LogP) is 7.27. The van der Waals surface area contributed by atoms with Gasteiger partial charge in [0.05, 0.1) is 18.6 Å². The van der Waals surface area contributed by atoms with Crippen LogP contribution in [-0.4, -0.2) is 35.6 Å². The number of rotatable bonds is 11. The molecule has 3 N–H and O–H groups in total. The molecule has 0 fully saturated rings. The molecule has 0 atom stereocenters. The smallest absolute Gasteiger partial charge is 0.272 e. The Bertz CT molecular complexity index is 1840. The SMILES string of the molecule is COc1ccc(-c2csc(NC(=O)CSc3cccc(NC(=O)/C(=C/c4ccccc4C)NC(=O)c4ccccc4)c3)n2)cc1. The van der Waals surface area contributed by atoms with Crippen LogP contribution in [0, 0.1) is 6.92 Å². The molecule has 3 amide bonds. The molecule has 4 aromatic carbocycles. The van der Waals surface area contributed by atoms with Crippen molar-refractivity contribution in [3.63, 3.8) is 0 Å². The van der Waals surface area contributed by atoms with E-state index in [9.17, 15) is 14.4 Å². The largest absolute Gasteiger partial charge is 0.497 e. The zero-order valence-electron chi connectivity index (χ0n) is 24.6. The van der Waals surface area contributed by atoms with Crippen LogP contribution in [0.3, 0.4) is 0 Å². The van der Waals surface area contributed by atoms with Gasteiger partial charge in [0.25, 0.3) is 11.8 Å². The maximum atomic E-state index is 13.4. The molecule has 0 saturated carbocycles. The van der Waals surface area contributed by atoms with Gasteiger partial charge in [0.15, 0.2) is 5.13 Å². The van der Waals surface area contributed by atoms with E-state index in [0.717, 1.165) is 33.0 Å². The number of carbonyl (C=O) groups is 3. The zero-order chi connectivity index (χ0) is 31.6. The van der Waals surface area contributed by atoms with Crippen LogP contribution in [0.25, 0.3) is 17.3 Å². The number of anilines is 2. The van der Waals surface area contributed by atoms with E-state index >= 15 is 0 Å². The molecule has 0 aliphatic rings. The quantitative estimate of drug-likeness (QED) is 0.104. The predicted molar refractivity (Wildman–Crippen MR) is 182 cm³/mol. The Balaban J connectivity index is 1.22. The van der Waals surface area contributed by atoms with Crippen LogP contribution in [0.1, 0.15) is 21.5 Å². The summed E-state index contributed by atoms with van der Waals surface area (Å²) in [4.78, 5) is 44.4. The number of benzene rings is 4. The Morgan fingerprint density at radius 3 is 2.40 bits per heavy atom. The number of aromatic nitrogens is 1. The average Bonchev–Trinajstić information content (AvgIpc) is 3.53. The molecule has 0 spiro atoms. The first-order valence-electron chi connectivity index (χ1n) is 14.0. The number of hydrogen-bond acceptors (Lipinski definition) is 7. The van der Waals surface area contributed by atoms with Gasteiger partial charge in [0.2, 0.25) is 5.91 Å². The van der Waals surface area contributed by atoms with Gasteiger partial charge in [0.1, 0.15) is 11.4 Å². The molecular weight excluding hydrogens is 605 g/mol. The minimum Gasteiger partial charge on any atom is -0.497 e. The molecule has 226 valence electrons. The van der Waals surface area contributed by atoms with Gasteiger partial charge in [-0.1, -0.05) is 48.5 Å². The topological polar surface area (TPSA) is 109 Å². The maximum absolute atomic E-state index is 13.4. The highest BCUT2D eigenvalue weighted by Gasteiger charge is 2.16. The first-order chi connectivity index (χ1) is 21.9. The second-order valence-corrected chi connectivity index (χ2v) is 11.7. The third-order valence-electron chi connectivity index (χ3n) is 6.62. The van der Waals surface area contributed by atoms with Gasteiger partial charge in [-0.05, 0) is 78.7 Å². The van der Waals surface area contributed by atoms with Crippen molar-refractivity contribution in [1.29, 1.82) is 0 Å². The van der Waals surface area contributed by atoms with Crippen molar-refractivity contribution in [3.8, 4) is 17.0 Å². The molecule has 0 unspecified atom stereocenters. The van der Waals surface area contributed by atoms with E-state index < -0.39 is 11.8 Å². The number of nitrogens with zero attached hydrogens (tertiary/aromatic N) is 1. The van der Waals surface area contributed by atoms with Gasteiger partial charge in [-0.25, -0.2) is 4.98 Å². The Kier molecular flexibility index (Phi) is 10.4. The fourth-order valence-corrected chi connectivity index (χ4v) is 5.73. The van der Waals surface area contributed by atoms with E-state index in [1.807, 2.05) is 73.0 Å². The summed E-state index contributed by atoms with van der Waals surface area (Å²) in [5, 5.41) is 10.9. The standard InChI is InChI=1S/C35H30N4O4S2/c1-23-9-6-7-12-26(23)19-30(37-33(41)25-10-4-3-5-11-25)34(42)36-27-13-8-14-29(20-27)44-22-32(40)39-35-38-31(21-45-35)24-15-17-28(43-2)18-16-24/h3-21H,22H2,1-2H3,(H,36,42)(H,37,41)(H,38,39,40)/b30-19-. The maximum Gasteiger partial charge on any atom is 0.272 e. The fraction of sp³-hybridized carbons (Fsp3) is 0.0857. The number of amides is 3. The van der Waals surface area contributed by atoms with E-state index in [1.165, 1.54) is 23.1 Å². The molecular formula is C35H30N4O4S2. The highest BCUT2D eigenvalue weighted by Crippen LogP contribution is 2.27. The van der Waals surface area contributed by atoms with Gasteiger partial charge in [0, 0.05) is 27.1 Å². The normalized spacial score (nSPS) is 11.0. The molecule has 45 heavy (non-hydrogen) atoms. The summed E-state index contributed by atoms with van der Waals surface area (Å²) in [6, 6.07) is 31.1. The van der Waals surface area contributed by atoms with Crippen molar-refractivity contribution in [2.75, 3.05) is 23.5 Å². The summed E-state index contributed by atoms with van der Waals surface area (Å²) >= 11 is 2.69. The van der Waals surface area contributed by atoms with E-state index in [0.29, 0.717) is 16.4 Å². The van der Waals surface area contributed by atoms with Crippen molar-refractivity contribution < 1.29 is 19.1 Å². The molecule has 8 nitrogen and oxygen atoms in total. The lowest BCUT2D eigenvalue weighted by Gasteiger charge is -2.13. The van der Waals surface area contributed by atoms with E-state index in [2.05, 4.69) is 20.9 Å². The first-order valence-corrected chi connectivity index (χ1v) is 15.8. The highest BCUT2D eigenvalue weighted by molar-refractivity contribution is 8.00. The summed E-state index contributed by atoms with van der Waals surface area (Å²) in [6.07, 6.45) is 1.66. The molecule has 0 radical (unpaired) electrons. The van der Waals surface area contributed by atoms with Gasteiger partial charge >= 0.3 is 0 Å². The van der Waals surface area contributed by atoms with Crippen LogP contribution in [0.15, 0.2) is 119 Å². The van der Waals surface area contributed by atoms with Crippen LogP contribution in [-0.2, 0) is 9.59 Å². The third-order valence-corrected chi connectivity index (χ3v) is 8.37. The average molecular weight is 635 g/mol. The number of thiazole rings is 1. The molecule has 0 saturated heterocycles. The Morgan fingerprint density at radius 2 is 1.64 bits per heavy atom. The molecule has 10 heteroatoms. The van der Waals surface area contributed by atoms with Crippen LogP contribution in [0.2, 0.25) is 0 Å². The second kappa shape index (κ2) is 15.0. The van der Waals surface area contributed by atoms with E-state index in [1.54, 1.807) is 55.7 Å². The number of nitrogens with one attached hydrogen (secondary N) is 3. The molecule has 5 rings (SSSR count). The Hall–Kier alpha value is -5.19. The lowest BCUT2D eigenvalue weighted by molar-refractivity contribution is -0.114. The van der Waals surface area contributed by atoms with Gasteiger partial charge in [-0.15, -0.1) is 23.1 Å². The molecule has 0 bridgehead atoms. The van der Waals surface area contributed by atoms with Crippen molar-refractivity contribution in [1.82, 2.24) is 10.3 Å². The monoisotopic (exact) mass is 634 g/mol. The zero-order valence-corrected chi connectivity index (χ0v) is 26.2. The fourth-order valence-electron chi connectivity index (χ4n) is 4.24. The molecule has 5 aromatic rings. The summed E-state index contributed by atoms with van der Waals surface area (Å²) < 4.78 is 5.20. The highest BCUT2D eigenvalue weighted by atomic mass is 32.2. The van der Waals surface area contributed by atoms with Crippen LogP contribution in [0.5, 0.6) is 5.75 Å². The number of hydrogen-bond donors (Lipinski definition) is 3. The lowest BCUT2D eigenvalue weighted by Crippen LogP contribution is -2.30. The summed E-state index contributed by atoms with van der Waals surface area (Å²) in [6.45, 7) is 1.94. The molecule has 1 aromatic heterocycles. The number of methoxy groups -OCH3 is 1. The number of carbonyl (C=O) groups excluding carboxylic acids is 3. The number of thioether (sulfide) groups is 1. The molecule has 0 aliphatic carbocycles. The Labute approximate surface area is 269 Å². The minimum atomic E-state index is -0.473. The van der Waals surface area contributed by atoms with Crippen LogP contribution in [0.4, 0.5) is 10.8 Å². The van der Waals surface area contributed by atoms with Crippen LogP contribution >= 0.6 is 23.1 Å². The van der Waals surface area contributed by atoms with Crippen molar-refractivity contribution in [2.24, 2.45) is 0 Å². The number of aryl methyl sites for hydroxylation is 1. The first kappa shape index (κ1) is 31.2. The van der Waals surface area contributed by atoms with E-state index in [4.69, 9.17) is 4.74 Å². The van der Waals surface area contributed by atoms with E-state index in [-0.39, 0.29) is 17.4 Å². The Morgan fingerprint density at radius 1 is 0.889 bits per heavy atom. The summed E-state index contributed by atoms with van der Waals surface area (Å²) in [5.74, 6) is -0.147. The third kappa shape index (κ3) is 8.69. The lowest BCUT2D eigenvalue weighted by atomic mass is 10.1. The van der Waals surface area contributed by atoms with Gasteiger partial charge in [-0.2, -0.15) is 0 Å². The second-order valence-electron chi connectivity index (χ2n) is 9.82. The summed E-state index contributed by atoms with van der Waals surface area (Å²) in [7, 11) is 1.62. The van der Waals surface area contributed by atoms with Gasteiger partial charge in [-0.3, -0.25) is 14.4 Å². The summed E-state index contributed by atoms with van der Waals surface area (Å²) in [5.41, 5.74) is 4.53. The van der Waals surface area contributed by atoms with Crippen molar-refractivity contribution >= 4 is 57.7 Å². The minimum absolute atomic E-state index is 0.105. The van der Waals surface area contributed by atoms with Crippen molar-refractivity contribution in [2.45, 2.75) is 11.8 Å². The van der Waals surface area contributed by atoms with Crippen molar-refractivity contribution in [3.05, 3.63) is 131 Å². The molecule has 0 aliphatic heterocycles. The molecule has 1 heterocycles. The van der Waals surface area contributed by atoms with Gasteiger partial charge < -0.3 is 20.7 Å². The van der Waals surface area contributed by atoms with Crippen LogP contribution < -0.4 is 20.7 Å².